The molecular formula is C63H52BIrN3O3Si-2. The molecule has 0 fully saturated rings. The number of para-hydroxylation sites is 3. The Morgan fingerprint density at radius 1 is 0.597 bits per heavy atom. The molecule has 6 nitrogen and oxygen atoms in total. The van der Waals surface area contributed by atoms with Gasteiger partial charge in [-0.2, -0.15) is 0 Å². The Morgan fingerprint density at radius 3 is 2.00 bits per heavy atom. The second-order valence-corrected chi connectivity index (χ2v) is 25.4. The molecule has 355 valence electrons. The molecule has 11 aromatic rings. The third-order valence-electron chi connectivity index (χ3n) is 14.0. The quantitative estimate of drug-likeness (QED) is 0.118. The summed E-state index contributed by atoms with van der Waals surface area (Å²) >= 11 is 0. The van der Waals surface area contributed by atoms with Crippen LogP contribution in [-0.4, -0.2) is 29.3 Å². The maximum atomic E-state index is 6.97. The van der Waals surface area contributed by atoms with Gasteiger partial charge in [0.15, 0.2) is 0 Å². The third kappa shape index (κ3) is 8.19. The first-order valence-electron chi connectivity index (χ1n) is 24.6. The van der Waals surface area contributed by atoms with Crippen LogP contribution < -0.4 is 31.0 Å². The molecule has 3 aromatic heterocycles. The fourth-order valence-corrected chi connectivity index (χ4v) is 11.4. The van der Waals surface area contributed by atoms with Crippen molar-refractivity contribution in [1.82, 2.24) is 14.5 Å². The van der Waals surface area contributed by atoms with Crippen LogP contribution in [0.3, 0.4) is 0 Å². The van der Waals surface area contributed by atoms with Gasteiger partial charge in [0.05, 0.1) is 30.5 Å². The summed E-state index contributed by atoms with van der Waals surface area (Å²) in [6, 6.07) is 65.6. The average Bonchev–Trinajstić information content (AvgIpc) is 3.96. The second-order valence-electron chi connectivity index (χ2n) is 20.3. The summed E-state index contributed by atoms with van der Waals surface area (Å²) in [5.41, 5.74) is 15.8. The minimum Gasteiger partial charge on any atom is -0.501 e. The van der Waals surface area contributed by atoms with Crippen LogP contribution in [0.2, 0.25) is 19.6 Å². The van der Waals surface area contributed by atoms with Crippen molar-refractivity contribution in [2.24, 2.45) is 0 Å². The number of ether oxygens (including phenoxy) is 2. The number of aromatic nitrogens is 3. The number of hydrogen-bond donors (Lipinski definition) is 0. The topological polar surface area (TPSA) is 62.3 Å². The zero-order chi connectivity index (χ0) is 48.5. The molecule has 0 unspecified atom stereocenters. The molecule has 0 saturated heterocycles. The summed E-state index contributed by atoms with van der Waals surface area (Å²) in [5, 5.41) is 3.38. The van der Waals surface area contributed by atoms with Gasteiger partial charge in [-0.25, -0.2) is 0 Å². The van der Waals surface area contributed by atoms with Crippen LogP contribution >= 0.6 is 0 Å². The minimum atomic E-state index is -1.23. The molecule has 1 radical (unpaired) electrons. The zero-order valence-corrected chi connectivity index (χ0v) is 44.8. The molecule has 5 heterocycles. The van der Waals surface area contributed by atoms with Gasteiger partial charge in [-0.15, -0.1) is 54.1 Å². The van der Waals surface area contributed by atoms with Gasteiger partial charge in [0.2, 0.25) is 0 Å². The van der Waals surface area contributed by atoms with Gasteiger partial charge >= 0.3 is 0 Å². The average molecular weight is 1130 g/mol. The molecule has 0 spiro atoms. The normalized spacial score (nSPS) is 12.4. The third-order valence-corrected chi connectivity index (χ3v) is 16.0. The molecule has 13 rings (SSSR count). The van der Waals surface area contributed by atoms with Crippen molar-refractivity contribution >= 4 is 69.3 Å². The van der Waals surface area contributed by atoms with Crippen LogP contribution in [-0.2, 0) is 20.1 Å². The number of hydrogen-bond acceptors (Lipinski definition) is 5. The first-order chi connectivity index (χ1) is 34.5. The number of benzene rings is 8. The van der Waals surface area contributed by atoms with E-state index in [1.165, 1.54) is 33.1 Å². The van der Waals surface area contributed by atoms with Crippen LogP contribution in [0.1, 0.15) is 50.7 Å². The van der Waals surface area contributed by atoms with E-state index in [-0.39, 0.29) is 38.7 Å². The number of imidazole rings is 1. The zero-order valence-electron chi connectivity index (χ0n) is 41.4. The van der Waals surface area contributed by atoms with E-state index in [4.69, 9.17) is 18.9 Å². The van der Waals surface area contributed by atoms with E-state index in [0.29, 0.717) is 0 Å². The molecule has 0 bridgehead atoms. The number of pyridine rings is 1. The van der Waals surface area contributed by atoms with Crippen molar-refractivity contribution < 1.29 is 34.0 Å². The smallest absolute Gasteiger partial charge is 0.260 e. The van der Waals surface area contributed by atoms with Gasteiger partial charge in [-0.1, -0.05) is 137 Å². The van der Waals surface area contributed by atoms with Gasteiger partial charge in [0.25, 0.3) is 6.71 Å². The minimum absolute atomic E-state index is 0. The molecule has 2 aliphatic heterocycles. The molecular weight excluding hydrogens is 1080 g/mol. The van der Waals surface area contributed by atoms with Crippen molar-refractivity contribution in [1.29, 1.82) is 0 Å². The van der Waals surface area contributed by atoms with E-state index in [2.05, 4.69) is 178 Å². The van der Waals surface area contributed by atoms with E-state index >= 15 is 0 Å². The number of nitrogens with zero attached hydrogens (tertiary/aromatic N) is 3. The molecule has 0 atom stereocenters. The molecule has 72 heavy (non-hydrogen) atoms. The first-order valence-corrected chi connectivity index (χ1v) is 28.1. The van der Waals surface area contributed by atoms with Gasteiger partial charge in [0.1, 0.15) is 28.6 Å². The van der Waals surface area contributed by atoms with Gasteiger partial charge in [0, 0.05) is 42.8 Å². The monoisotopic (exact) mass is 1130 g/mol. The number of fused-ring (bicyclic) bond motifs is 8. The predicted molar refractivity (Wildman–Crippen MR) is 295 cm³/mol. The summed E-state index contributed by atoms with van der Waals surface area (Å²) in [5.74, 6) is 4.64. The van der Waals surface area contributed by atoms with Crippen LogP contribution in [0.5, 0.6) is 23.0 Å². The van der Waals surface area contributed by atoms with E-state index in [1.54, 1.807) is 0 Å². The van der Waals surface area contributed by atoms with E-state index in [9.17, 15) is 0 Å². The Kier molecular flexibility index (Phi) is 12.2. The number of furan rings is 1. The van der Waals surface area contributed by atoms with Crippen LogP contribution in [0.4, 0.5) is 0 Å². The van der Waals surface area contributed by atoms with Crippen molar-refractivity contribution in [2.75, 3.05) is 0 Å². The summed E-state index contributed by atoms with van der Waals surface area (Å²) < 4.78 is 22.4. The second kappa shape index (κ2) is 18.7. The van der Waals surface area contributed by atoms with Crippen molar-refractivity contribution in [3.05, 3.63) is 199 Å². The Morgan fingerprint density at radius 2 is 1.29 bits per heavy atom. The summed E-state index contributed by atoms with van der Waals surface area (Å²) in [4.78, 5) is 9.89. The maximum absolute atomic E-state index is 6.97. The summed E-state index contributed by atoms with van der Waals surface area (Å²) in [6.45, 7) is 16.1. The van der Waals surface area contributed by atoms with Crippen LogP contribution in [0.15, 0.2) is 180 Å². The van der Waals surface area contributed by atoms with E-state index in [1.807, 2.05) is 66.9 Å². The Hall–Kier alpha value is -7.29. The van der Waals surface area contributed by atoms with E-state index < -0.39 is 8.07 Å². The maximum Gasteiger partial charge on any atom is 0.260 e. The molecule has 2 aliphatic rings. The van der Waals surface area contributed by atoms with Gasteiger partial charge < -0.3 is 23.4 Å². The van der Waals surface area contributed by atoms with E-state index in [0.717, 1.165) is 95.0 Å². The van der Waals surface area contributed by atoms with Gasteiger partial charge in [-0.05, 0) is 110 Å². The van der Waals surface area contributed by atoms with Crippen LogP contribution in [0.25, 0.3) is 72.4 Å². The molecule has 0 saturated carbocycles. The Bertz CT molecular complexity index is 3790. The summed E-state index contributed by atoms with van der Waals surface area (Å²) in [6.07, 6.45) is 2.02. The van der Waals surface area contributed by atoms with Gasteiger partial charge in [-0.3, -0.25) is 4.98 Å². The Labute approximate surface area is 436 Å². The van der Waals surface area contributed by atoms with Crippen LogP contribution in [0, 0.1) is 12.1 Å². The molecule has 8 aromatic carbocycles. The predicted octanol–water partition coefficient (Wildman–Crippen LogP) is 14.1. The Balaban J connectivity index is 0.000000282. The number of rotatable bonds is 7. The fraction of sp³-hybridized carbons (Fsp3) is 0.143. The molecule has 0 aliphatic carbocycles. The summed E-state index contributed by atoms with van der Waals surface area (Å²) in [7, 11) is -1.23. The standard InChI is InChI=1S/C49H36BN2O3.C14H16NSi.Ir/c1-28(2)34-24-31(30-14-6-5-7-15-30)25-35(29(3)4)47(34)52-40-20-10-9-19-39(40)51-49(52)33-17-12-16-32-36-26-45-38(27-44(36)55-48(32)33)50-37-18-8-11-21-41(37)53-42-22-13-23-43(54-45)46(42)50;1-16(2,3)13-9-10-14(15-11-13)12-7-5-4-6-8-12;/h5-16,18-29H,1-4H3;4-7,9-11H,1-3H3;/q2*-1;. The van der Waals surface area contributed by atoms with Crippen molar-refractivity contribution in [2.45, 2.75) is 59.2 Å². The fourth-order valence-electron chi connectivity index (χ4n) is 10.4. The SMILES string of the molecule is CC(C)c1cc(-c2ccccc2)cc(C(C)C)c1-n1c(-c2[c-]ccc3c2oc2cc4c(cc23)Oc2cccc3c2B4c2ccccc2O3)nc2ccccc21.C[Si](C)(C)c1ccc(-c2[c-]cccc2)nc1.[Ir]. The molecule has 0 amide bonds. The molecule has 0 N–H and O–H groups in total. The largest absolute Gasteiger partial charge is 0.501 e. The van der Waals surface area contributed by atoms with Crippen molar-refractivity contribution in [3.8, 4) is 62.5 Å². The van der Waals surface area contributed by atoms with Crippen molar-refractivity contribution in [3.63, 3.8) is 0 Å². The molecule has 9 heteroatoms. The first kappa shape index (κ1) is 47.1.